The number of morpholine rings is 1. The molecule has 1 saturated heterocycles. The third-order valence-corrected chi connectivity index (χ3v) is 3.59. The number of carbonyl (C=O) groups excluding carboxylic acids is 1. The lowest BCUT2D eigenvalue weighted by Gasteiger charge is -2.26. The molecule has 1 amide bonds. The van der Waals surface area contributed by atoms with E-state index in [4.69, 9.17) is 4.74 Å². The van der Waals surface area contributed by atoms with Crippen LogP contribution in [0.25, 0.3) is 0 Å². The molecule has 2 rings (SSSR count). The number of hydrogen-bond donors (Lipinski definition) is 2. The third kappa shape index (κ3) is 9.23. The van der Waals surface area contributed by atoms with Gasteiger partial charge in [0.2, 0.25) is 5.91 Å². The van der Waals surface area contributed by atoms with E-state index in [1.807, 2.05) is 0 Å². The molecule has 1 heterocycles. The molecule has 10 heteroatoms. The molecule has 1 aromatic carbocycles. The van der Waals surface area contributed by atoms with Gasteiger partial charge in [-0.05, 0) is 43.8 Å². The van der Waals surface area contributed by atoms with Gasteiger partial charge in [-0.1, -0.05) is 0 Å². The highest BCUT2D eigenvalue weighted by Gasteiger charge is 2.30. The van der Waals surface area contributed by atoms with Crippen molar-refractivity contribution in [3.63, 3.8) is 0 Å². The van der Waals surface area contributed by atoms with Gasteiger partial charge in [-0.15, -0.1) is 25.6 Å². The second-order valence-corrected chi connectivity index (χ2v) is 5.60. The molecule has 1 aliphatic heterocycles. The van der Waals surface area contributed by atoms with Crippen molar-refractivity contribution in [2.75, 3.05) is 51.3 Å². The van der Waals surface area contributed by atoms with Crippen LogP contribution in [-0.2, 0) is 9.53 Å². The standard InChI is InChI=1S/C16H22F3N3O3.ClH/c17-16(18,19)25-14-4-2-13(3-5-14)21-15(23)12-20-6-1-7-22-8-10-24-11-9-22;/h2-5,20H,1,6-12H2,(H,21,23);1H. The summed E-state index contributed by atoms with van der Waals surface area (Å²) in [6, 6.07) is 5.02. The van der Waals surface area contributed by atoms with Crippen molar-refractivity contribution in [3.8, 4) is 5.75 Å². The Morgan fingerprint density at radius 1 is 1.19 bits per heavy atom. The summed E-state index contributed by atoms with van der Waals surface area (Å²) in [5.74, 6) is -0.581. The van der Waals surface area contributed by atoms with E-state index in [-0.39, 0.29) is 30.6 Å². The SMILES string of the molecule is Cl.O=C(CNCCCN1CCOCC1)Nc1ccc(OC(F)(F)F)cc1. The fraction of sp³-hybridized carbons (Fsp3) is 0.562. The predicted octanol–water partition coefficient (Wildman–Crippen LogP) is 2.26. The van der Waals surface area contributed by atoms with Crippen LogP contribution >= 0.6 is 12.4 Å². The molecule has 148 valence electrons. The Morgan fingerprint density at radius 2 is 1.85 bits per heavy atom. The first-order valence-corrected chi connectivity index (χ1v) is 8.09. The molecular formula is C16H23ClF3N3O3. The molecule has 1 aliphatic rings. The fourth-order valence-electron chi connectivity index (χ4n) is 2.40. The molecule has 0 aliphatic carbocycles. The number of nitrogens with one attached hydrogen (secondary N) is 2. The number of nitrogens with zero attached hydrogens (tertiary/aromatic N) is 1. The number of benzene rings is 1. The molecule has 0 bridgehead atoms. The molecular weight excluding hydrogens is 375 g/mol. The predicted molar refractivity (Wildman–Crippen MR) is 93.7 cm³/mol. The Balaban J connectivity index is 0.00000338. The molecule has 0 radical (unpaired) electrons. The molecule has 0 unspecified atom stereocenters. The molecule has 0 spiro atoms. The Morgan fingerprint density at radius 3 is 2.46 bits per heavy atom. The maximum atomic E-state index is 12.1. The lowest BCUT2D eigenvalue weighted by Crippen LogP contribution is -2.38. The van der Waals surface area contributed by atoms with Gasteiger partial charge in [0.05, 0.1) is 19.8 Å². The van der Waals surface area contributed by atoms with Crippen LogP contribution in [0.4, 0.5) is 18.9 Å². The van der Waals surface area contributed by atoms with Crippen molar-refractivity contribution in [1.82, 2.24) is 10.2 Å². The van der Waals surface area contributed by atoms with Crippen molar-refractivity contribution in [3.05, 3.63) is 24.3 Å². The molecule has 1 aromatic rings. The van der Waals surface area contributed by atoms with Crippen LogP contribution in [-0.4, -0.2) is 63.1 Å². The number of halogens is 4. The number of amides is 1. The quantitative estimate of drug-likeness (QED) is 0.659. The van der Waals surface area contributed by atoms with E-state index in [0.29, 0.717) is 12.2 Å². The van der Waals surface area contributed by atoms with E-state index in [0.717, 1.165) is 51.4 Å². The van der Waals surface area contributed by atoms with Gasteiger partial charge < -0.3 is 20.1 Å². The first-order chi connectivity index (χ1) is 11.9. The Kier molecular flexibility index (Phi) is 9.71. The monoisotopic (exact) mass is 397 g/mol. The first kappa shape index (κ1) is 22.5. The summed E-state index contributed by atoms with van der Waals surface area (Å²) in [5, 5.41) is 5.65. The second-order valence-electron chi connectivity index (χ2n) is 5.60. The highest BCUT2D eigenvalue weighted by molar-refractivity contribution is 5.92. The maximum Gasteiger partial charge on any atom is 0.573 e. The van der Waals surface area contributed by atoms with Crippen molar-refractivity contribution < 1.29 is 27.4 Å². The fourth-order valence-corrected chi connectivity index (χ4v) is 2.40. The van der Waals surface area contributed by atoms with Gasteiger partial charge >= 0.3 is 6.36 Å². The van der Waals surface area contributed by atoms with Gasteiger partial charge in [0.1, 0.15) is 5.75 Å². The average molecular weight is 398 g/mol. The third-order valence-electron chi connectivity index (χ3n) is 3.59. The normalized spacial score (nSPS) is 15.2. The molecule has 2 N–H and O–H groups in total. The van der Waals surface area contributed by atoms with Crippen LogP contribution in [0.2, 0.25) is 0 Å². The minimum Gasteiger partial charge on any atom is -0.406 e. The van der Waals surface area contributed by atoms with Gasteiger partial charge in [-0.25, -0.2) is 0 Å². The van der Waals surface area contributed by atoms with Gasteiger partial charge in [0.15, 0.2) is 0 Å². The summed E-state index contributed by atoms with van der Waals surface area (Å²) in [4.78, 5) is 14.1. The summed E-state index contributed by atoms with van der Waals surface area (Å²) in [5.41, 5.74) is 0.412. The summed E-state index contributed by atoms with van der Waals surface area (Å²) in [6.07, 6.45) is -3.80. The Labute approximate surface area is 156 Å². The summed E-state index contributed by atoms with van der Waals surface area (Å²) in [6.45, 7) is 5.22. The molecule has 0 aromatic heterocycles. The number of alkyl halides is 3. The number of rotatable bonds is 8. The zero-order valence-corrected chi connectivity index (χ0v) is 15.0. The Bertz CT molecular complexity index is 538. The lowest BCUT2D eigenvalue weighted by molar-refractivity contribution is -0.274. The smallest absolute Gasteiger partial charge is 0.406 e. The highest BCUT2D eigenvalue weighted by atomic mass is 35.5. The van der Waals surface area contributed by atoms with Crippen molar-refractivity contribution in [1.29, 1.82) is 0 Å². The maximum absolute atomic E-state index is 12.1. The van der Waals surface area contributed by atoms with Crippen LogP contribution in [0.3, 0.4) is 0 Å². The van der Waals surface area contributed by atoms with E-state index in [1.165, 1.54) is 12.1 Å². The van der Waals surface area contributed by atoms with E-state index >= 15 is 0 Å². The van der Waals surface area contributed by atoms with Gasteiger partial charge in [-0.3, -0.25) is 9.69 Å². The van der Waals surface area contributed by atoms with Gasteiger partial charge in [0, 0.05) is 18.8 Å². The van der Waals surface area contributed by atoms with Crippen LogP contribution in [0.15, 0.2) is 24.3 Å². The second kappa shape index (κ2) is 11.2. The zero-order valence-electron chi connectivity index (χ0n) is 14.2. The zero-order chi connectivity index (χ0) is 18.1. The molecule has 6 nitrogen and oxygen atoms in total. The molecule has 0 saturated carbocycles. The van der Waals surface area contributed by atoms with Crippen molar-refractivity contribution in [2.24, 2.45) is 0 Å². The largest absolute Gasteiger partial charge is 0.573 e. The minimum absolute atomic E-state index is 0. The minimum atomic E-state index is -4.73. The summed E-state index contributed by atoms with van der Waals surface area (Å²) >= 11 is 0. The average Bonchev–Trinajstić information content (AvgIpc) is 2.56. The number of hydrogen-bond acceptors (Lipinski definition) is 5. The first-order valence-electron chi connectivity index (χ1n) is 8.09. The van der Waals surface area contributed by atoms with E-state index in [9.17, 15) is 18.0 Å². The topological polar surface area (TPSA) is 62.8 Å². The molecule has 0 atom stereocenters. The number of carbonyl (C=O) groups is 1. The number of ether oxygens (including phenoxy) is 2. The van der Waals surface area contributed by atoms with Gasteiger partial charge in [-0.2, -0.15) is 0 Å². The van der Waals surface area contributed by atoms with Crippen LogP contribution in [0.5, 0.6) is 5.75 Å². The van der Waals surface area contributed by atoms with Crippen molar-refractivity contribution >= 4 is 24.0 Å². The van der Waals surface area contributed by atoms with Crippen LogP contribution < -0.4 is 15.4 Å². The summed E-state index contributed by atoms with van der Waals surface area (Å²) in [7, 11) is 0. The van der Waals surface area contributed by atoms with Gasteiger partial charge in [0.25, 0.3) is 0 Å². The Hall–Kier alpha value is -1.55. The molecule has 26 heavy (non-hydrogen) atoms. The van der Waals surface area contributed by atoms with E-state index in [2.05, 4.69) is 20.3 Å². The van der Waals surface area contributed by atoms with Crippen molar-refractivity contribution in [2.45, 2.75) is 12.8 Å². The van der Waals surface area contributed by atoms with E-state index < -0.39 is 6.36 Å². The molecule has 1 fully saturated rings. The van der Waals surface area contributed by atoms with E-state index in [1.54, 1.807) is 0 Å². The van der Waals surface area contributed by atoms with Crippen LogP contribution in [0, 0.1) is 0 Å². The number of anilines is 1. The lowest BCUT2D eigenvalue weighted by atomic mass is 10.3. The summed E-state index contributed by atoms with van der Waals surface area (Å²) < 4.78 is 45.2. The van der Waals surface area contributed by atoms with Crippen LogP contribution in [0.1, 0.15) is 6.42 Å². The highest BCUT2D eigenvalue weighted by Crippen LogP contribution is 2.23.